The Morgan fingerprint density at radius 2 is 1.59 bits per heavy atom. The SMILES string of the molecule is O=C(Nc1ccc([N+](=O)[O-])cc1)N1CCN(c2nc(=O)c3cc([N+](=O)[O-])ccc3s2)CC1. The Balaban J connectivity index is 1.41. The monoisotopic (exact) mass is 456 g/mol. The number of nitrogens with one attached hydrogen (secondary N) is 1. The van der Waals surface area contributed by atoms with Gasteiger partial charge in [-0.15, -0.1) is 0 Å². The number of amides is 2. The van der Waals surface area contributed by atoms with Crippen LogP contribution < -0.4 is 15.8 Å². The highest BCUT2D eigenvalue weighted by molar-refractivity contribution is 7.21. The van der Waals surface area contributed by atoms with E-state index in [1.165, 1.54) is 47.7 Å². The second-order valence-electron chi connectivity index (χ2n) is 6.95. The highest BCUT2D eigenvalue weighted by Crippen LogP contribution is 2.27. The molecule has 0 bridgehead atoms. The topological polar surface area (TPSA) is 152 Å². The van der Waals surface area contributed by atoms with Gasteiger partial charge in [0.1, 0.15) is 0 Å². The van der Waals surface area contributed by atoms with Crippen LogP contribution in [0.1, 0.15) is 0 Å². The van der Waals surface area contributed by atoms with Gasteiger partial charge in [-0.25, -0.2) is 4.79 Å². The van der Waals surface area contributed by atoms with E-state index in [-0.39, 0.29) is 22.8 Å². The van der Waals surface area contributed by atoms with Crippen molar-refractivity contribution in [3.8, 4) is 0 Å². The number of fused-ring (bicyclic) bond motifs is 1. The second-order valence-corrected chi connectivity index (χ2v) is 7.96. The van der Waals surface area contributed by atoms with Crippen LogP contribution >= 0.6 is 11.3 Å². The molecule has 1 aliphatic rings. The van der Waals surface area contributed by atoms with E-state index in [1.54, 1.807) is 11.0 Å². The Morgan fingerprint density at radius 1 is 0.969 bits per heavy atom. The molecule has 1 saturated heterocycles. The molecule has 0 aliphatic carbocycles. The number of nitro groups is 2. The van der Waals surface area contributed by atoms with Crippen LogP contribution in [0.25, 0.3) is 10.1 Å². The molecule has 4 rings (SSSR count). The number of nitrogens with zero attached hydrogens (tertiary/aromatic N) is 5. The van der Waals surface area contributed by atoms with Crippen molar-refractivity contribution in [2.24, 2.45) is 0 Å². The Bertz CT molecular complexity index is 1270. The van der Waals surface area contributed by atoms with Crippen molar-refractivity contribution in [2.45, 2.75) is 0 Å². The molecule has 1 aromatic heterocycles. The molecule has 2 aromatic carbocycles. The summed E-state index contributed by atoms with van der Waals surface area (Å²) in [6, 6.07) is 9.35. The zero-order valence-corrected chi connectivity index (χ0v) is 17.3. The molecule has 3 aromatic rings. The first-order valence-corrected chi connectivity index (χ1v) is 10.3. The number of hydrogen-bond acceptors (Lipinski definition) is 9. The van der Waals surface area contributed by atoms with Gasteiger partial charge in [0.05, 0.1) is 15.2 Å². The maximum Gasteiger partial charge on any atom is 0.321 e. The largest absolute Gasteiger partial charge is 0.344 e. The van der Waals surface area contributed by atoms with Crippen LogP contribution in [0.2, 0.25) is 0 Å². The number of hydrogen-bond donors (Lipinski definition) is 1. The number of piperazine rings is 1. The molecule has 0 spiro atoms. The smallest absolute Gasteiger partial charge is 0.321 e. The molecule has 0 saturated carbocycles. The Morgan fingerprint density at radius 3 is 2.22 bits per heavy atom. The molecule has 1 fully saturated rings. The van der Waals surface area contributed by atoms with E-state index in [0.717, 1.165) is 0 Å². The van der Waals surface area contributed by atoms with E-state index >= 15 is 0 Å². The fourth-order valence-corrected chi connectivity index (χ4v) is 4.29. The first-order chi connectivity index (χ1) is 15.3. The minimum Gasteiger partial charge on any atom is -0.344 e. The Hall–Kier alpha value is -4.13. The van der Waals surface area contributed by atoms with Crippen LogP contribution in [-0.2, 0) is 0 Å². The summed E-state index contributed by atoms with van der Waals surface area (Å²) in [6.07, 6.45) is 0. The van der Waals surface area contributed by atoms with Gasteiger partial charge in [0.2, 0.25) is 0 Å². The quantitative estimate of drug-likeness (QED) is 0.465. The molecule has 1 aliphatic heterocycles. The van der Waals surface area contributed by atoms with E-state index in [1.807, 2.05) is 4.90 Å². The summed E-state index contributed by atoms with van der Waals surface area (Å²) in [4.78, 5) is 53.0. The molecule has 0 radical (unpaired) electrons. The van der Waals surface area contributed by atoms with Crippen molar-refractivity contribution < 1.29 is 14.6 Å². The fraction of sp³-hybridized carbons (Fsp3) is 0.211. The minimum atomic E-state index is -0.557. The third-order valence-corrected chi connectivity index (χ3v) is 6.08. The van der Waals surface area contributed by atoms with E-state index in [2.05, 4.69) is 10.3 Å². The maximum absolute atomic E-state index is 12.5. The van der Waals surface area contributed by atoms with E-state index in [4.69, 9.17) is 0 Å². The Kier molecular flexibility index (Phi) is 5.64. The first kappa shape index (κ1) is 21.1. The van der Waals surface area contributed by atoms with Crippen LogP contribution in [0.3, 0.4) is 0 Å². The minimum absolute atomic E-state index is 0.0619. The van der Waals surface area contributed by atoms with Crippen molar-refractivity contribution in [1.82, 2.24) is 9.88 Å². The van der Waals surface area contributed by atoms with E-state index in [9.17, 15) is 29.8 Å². The summed E-state index contributed by atoms with van der Waals surface area (Å²) in [7, 11) is 0. The highest BCUT2D eigenvalue weighted by atomic mass is 32.1. The number of rotatable bonds is 4. The molecular weight excluding hydrogens is 440 g/mol. The van der Waals surface area contributed by atoms with Crippen molar-refractivity contribution in [1.29, 1.82) is 0 Å². The van der Waals surface area contributed by atoms with Gasteiger partial charge in [0, 0.05) is 60.8 Å². The van der Waals surface area contributed by atoms with Crippen LogP contribution in [0.4, 0.5) is 27.0 Å². The van der Waals surface area contributed by atoms with Crippen molar-refractivity contribution in [3.63, 3.8) is 0 Å². The number of aromatic nitrogens is 1. The third kappa shape index (κ3) is 4.32. The van der Waals surface area contributed by atoms with Crippen molar-refractivity contribution >= 4 is 49.6 Å². The molecule has 0 atom stereocenters. The average molecular weight is 456 g/mol. The van der Waals surface area contributed by atoms with Gasteiger partial charge in [-0.3, -0.25) is 25.0 Å². The first-order valence-electron chi connectivity index (χ1n) is 9.46. The zero-order chi connectivity index (χ0) is 22.8. The lowest BCUT2D eigenvalue weighted by atomic mass is 10.2. The van der Waals surface area contributed by atoms with E-state index in [0.29, 0.717) is 41.7 Å². The lowest BCUT2D eigenvalue weighted by molar-refractivity contribution is -0.385. The van der Waals surface area contributed by atoms with Crippen molar-refractivity contribution in [2.75, 3.05) is 36.4 Å². The highest BCUT2D eigenvalue weighted by Gasteiger charge is 2.23. The standard InChI is InChI=1S/C19H16N6O6S/c26-17-15-11-14(25(30)31)5-6-16(15)32-19(21-17)23-9-7-22(8-10-23)18(27)20-12-1-3-13(4-2-12)24(28)29/h1-6,11H,7-10H2,(H,20,27). The third-order valence-electron chi connectivity index (χ3n) is 4.97. The van der Waals surface area contributed by atoms with Crippen LogP contribution in [0.15, 0.2) is 47.3 Å². The predicted octanol–water partition coefficient (Wildman–Crippen LogP) is 2.83. The second kappa shape index (κ2) is 8.55. The van der Waals surface area contributed by atoms with Gasteiger partial charge < -0.3 is 15.1 Å². The lowest BCUT2D eigenvalue weighted by Crippen LogP contribution is -2.50. The molecule has 2 heterocycles. The van der Waals surface area contributed by atoms with Gasteiger partial charge >= 0.3 is 6.03 Å². The predicted molar refractivity (Wildman–Crippen MR) is 118 cm³/mol. The summed E-state index contributed by atoms with van der Waals surface area (Å²) < 4.78 is 0.601. The van der Waals surface area contributed by atoms with Crippen LogP contribution in [0, 0.1) is 20.2 Å². The summed E-state index contributed by atoms with van der Waals surface area (Å²) in [6.45, 7) is 1.68. The van der Waals surface area contributed by atoms with Gasteiger partial charge in [-0.1, -0.05) is 11.3 Å². The Labute approximate surface area is 184 Å². The summed E-state index contributed by atoms with van der Waals surface area (Å²) in [5.74, 6) is 0. The molecule has 164 valence electrons. The lowest BCUT2D eigenvalue weighted by Gasteiger charge is -2.34. The summed E-state index contributed by atoms with van der Waals surface area (Å²) in [5.41, 5.74) is -0.306. The molecule has 0 unspecified atom stereocenters. The molecule has 13 heteroatoms. The number of non-ortho nitro benzene ring substituents is 2. The number of carbonyl (C=O) groups is 1. The zero-order valence-electron chi connectivity index (χ0n) is 16.5. The number of anilines is 2. The molecule has 32 heavy (non-hydrogen) atoms. The van der Waals surface area contributed by atoms with Crippen molar-refractivity contribution in [3.05, 3.63) is 73.0 Å². The molecule has 2 amide bonds. The van der Waals surface area contributed by atoms with Crippen LogP contribution in [0.5, 0.6) is 0 Å². The average Bonchev–Trinajstić information content (AvgIpc) is 2.79. The number of urea groups is 1. The van der Waals surface area contributed by atoms with Gasteiger partial charge in [-0.05, 0) is 18.2 Å². The normalized spacial score (nSPS) is 13.8. The van der Waals surface area contributed by atoms with E-state index < -0.39 is 15.4 Å². The van der Waals surface area contributed by atoms with Crippen LogP contribution in [-0.4, -0.2) is 51.9 Å². The van der Waals surface area contributed by atoms with Gasteiger partial charge in [-0.2, -0.15) is 4.98 Å². The number of carbonyl (C=O) groups excluding carboxylic acids is 1. The fourth-order valence-electron chi connectivity index (χ4n) is 3.26. The molecular formula is C19H16N6O6S. The number of nitro benzene ring substituents is 2. The summed E-state index contributed by atoms with van der Waals surface area (Å²) >= 11 is 1.26. The maximum atomic E-state index is 12.5. The number of benzene rings is 2. The summed E-state index contributed by atoms with van der Waals surface area (Å²) in [5, 5.41) is 25.0. The molecule has 1 N–H and O–H groups in total. The molecule has 12 nitrogen and oxygen atoms in total. The van der Waals surface area contributed by atoms with Gasteiger partial charge in [0.15, 0.2) is 5.13 Å². The van der Waals surface area contributed by atoms with Gasteiger partial charge in [0.25, 0.3) is 16.9 Å².